The summed E-state index contributed by atoms with van der Waals surface area (Å²) in [6.45, 7) is 8.61. The van der Waals surface area contributed by atoms with Crippen molar-refractivity contribution in [1.29, 1.82) is 0 Å². The van der Waals surface area contributed by atoms with Gasteiger partial charge in [0.05, 0.1) is 16.8 Å². The lowest BCUT2D eigenvalue weighted by molar-refractivity contribution is -0.133. The molecule has 0 unspecified atom stereocenters. The summed E-state index contributed by atoms with van der Waals surface area (Å²) < 4.78 is 5.88. The molecule has 248 valence electrons. The topological polar surface area (TPSA) is 108 Å². The first-order chi connectivity index (χ1) is 23.2. The van der Waals surface area contributed by atoms with Crippen LogP contribution in [0.15, 0.2) is 69.9 Å². The lowest BCUT2D eigenvalue weighted by atomic mass is 10.0. The van der Waals surface area contributed by atoms with Gasteiger partial charge >= 0.3 is 11.6 Å². The van der Waals surface area contributed by atoms with E-state index >= 15 is 0 Å². The first-order valence-electron chi connectivity index (χ1n) is 16.8. The molecule has 1 saturated heterocycles. The third-order valence-corrected chi connectivity index (χ3v) is 8.77. The van der Waals surface area contributed by atoms with E-state index in [9.17, 15) is 24.3 Å². The molecule has 0 spiro atoms. The fourth-order valence-corrected chi connectivity index (χ4v) is 6.02. The molecular weight excluding hydrogens is 604 g/mol. The van der Waals surface area contributed by atoms with Crippen LogP contribution in [-0.4, -0.2) is 42.4 Å². The number of carboxylic acid groups (broad SMARTS) is 1. The normalized spacial score (nSPS) is 13.4. The Hall–Kier alpha value is -5.24. The molecule has 1 aliphatic heterocycles. The number of rotatable bonds is 14. The van der Waals surface area contributed by atoms with Gasteiger partial charge in [0.15, 0.2) is 0 Å². The van der Waals surface area contributed by atoms with Crippen LogP contribution in [0, 0.1) is 0 Å². The van der Waals surface area contributed by atoms with Crippen molar-refractivity contribution >= 4 is 64.3 Å². The fourth-order valence-electron chi connectivity index (χ4n) is 6.02. The maximum Gasteiger partial charge on any atom is 0.343 e. The number of anilines is 2. The van der Waals surface area contributed by atoms with Gasteiger partial charge in [0.25, 0.3) is 5.91 Å². The van der Waals surface area contributed by atoms with Gasteiger partial charge in [-0.3, -0.25) is 9.59 Å². The Morgan fingerprint density at radius 3 is 2.10 bits per heavy atom. The molecule has 1 aliphatic rings. The highest BCUT2D eigenvalue weighted by molar-refractivity contribution is 6.43. The number of carboxylic acids is 1. The first-order valence-corrected chi connectivity index (χ1v) is 16.8. The van der Waals surface area contributed by atoms with Crippen molar-refractivity contribution in [3.63, 3.8) is 0 Å². The van der Waals surface area contributed by atoms with Crippen molar-refractivity contribution in [3.8, 4) is 0 Å². The number of aromatic carboxylic acids is 1. The van der Waals surface area contributed by atoms with Crippen LogP contribution in [0.5, 0.6) is 0 Å². The number of nitrogens with zero attached hydrogens (tertiary/aromatic N) is 2. The maximum absolute atomic E-state index is 13.2. The second-order valence-electron chi connectivity index (χ2n) is 12.1. The highest BCUT2D eigenvalue weighted by Crippen LogP contribution is 2.29. The largest absolute Gasteiger partial charge is 0.478 e. The van der Waals surface area contributed by atoms with E-state index in [1.807, 2.05) is 55.5 Å². The Kier molecular flexibility index (Phi) is 11.1. The summed E-state index contributed by atoms with van der Waals surface area (Å²) in [5, 5.41) is 10.4. The second-order valence-corrected chi connectivity index (χ2v) is 12.1. The SMILES string of the molecule is CCCCN(CCCC)c1ccc2c(CC)c(/C=C/c3ccc(/C=C/c4ccc(C(=O)O)cc4N4CCC(=O)C4=O)cc3)c(=O)oc2c1. The zero-order valence-electron chi connectivity index (χ0n) is 27.8. The molecule has 0 atom stereocenters. The molecule has 1 fully saturated rings. The molecule has 0 bridgehead atoms. The van der Waals surface area contributed by atoms with Gasteiger partial charge in [0.2, 0.25) is 5.78 Å². The molecule has 1 amide bonds. The fraction of sp³-hybridized carbons (Fsp3) is 0.300. The molecule has 1 aromatic heterocycles. The number of amides is 1. The van der Waals surface area contributed by atoms with E-state index in [2.05, 4.69) is 30.9 Å². The Labute approximate surface area is 281 Å². The van der Waals surface area contributed by atoms with Gasteiger partial charge in [0, 0.05) is 43.2 Å². The summed E-state index contributed by atoms with van der Waals surface area (Å²) in [5.41, 5.74) is 5.69. The van der Waals surface area contributed by atoms with Gasteiger partial charge in [-0.05, 0) is 71.9 Å². The molecule has 0 saturated carbocycles. The minimum absolute atomic E-state index is 0.0401. The lowest BCUT2D eigenvalue weighted by Crippen LogP contribution is -2.27. The maximum atomic E-state index is 13.2. The smallest absolute Gasteiger partial charge is 0.343 e. The van der Waals surface area contributed by atoms with Crippen molar-refractivity contribution < 1.29 is 23.9 Å². The molecule has 48 heavy (non-hydrogen) atoms. The Bertz CT molecular complexity index is 1930. The third-order valence-electron chi connectivity index (χ3n) is 8.77. The van der Waals surface area contributed by atoms with E-state index in [1.165, 1.54) is 17.0 Å². The van der Waals surface area contributed by atoms with Crippen LogP contribution >= 0.6 is 0 Å². The van der Waals surface area contributed by atoms with Gasteiger partial charge in [-0.2, -0.15) is 0 Å². The number of aryl methyl sites for hydroxylation is 1. The minimum Gasteiger partial charge on any atom is -0.478 e. The zero-order chi connectivity index (χ0) is 34.2. The summed E-state index contributed by atoms with van der Waals surface area (Å²) in [6.07, 6.45) is 12.6. The molecule has 1 N–H and O–H groups in total. The van der Waals surface area contributed by atoms with E-state index in [4.69, 9.17) is 4.42 Å². The van der Waals surface area contributed by atoms with E-state index in [0.29, 0.717) is 28.8 Å². The number of carbonyl (C=O) groups is 3. The predicted octanol–water partition coefficient (Wildman–Crippen LogP) is 8.11. The highest BCUT2D eigenvalue weighted by Gasteiger charge is 2.31. The van der Waals surface area contributed by atoms with Gasteiger partial charge < -0.3 is 19.3 Å². The van der Waals surface area contributed by atoms with Gasteiger partial charge in [-0.15, -0.1) is 0 Å². The molecule has 8 heteroatoms. The van der Waals surface area contributed by atoms with Crippen molar-refractivity contribution in [2.45, 2.75) is 59.3 Å². The van der Waals surface area contributed by atoms with Crippen LogP contribution in [0.3, 0.4) is 0 Å². The average Bonchev–Trinajstić information content (AvgIpc) is 3.43. The van der Waals surface area contributed by atoms with Crippen molar-refractivity contribution in [3.05, 3.63) is 104 Å². The van der Waals surface area contributed by atoms with E-state index in [0.717, 1.165) is 66.5 Å². The van der Waals surface area contributed by atoms with E-state index in [1.54, 1.807) is 12.1 Å². The highest BCUT2D eigenvalue weighted by atomic mass is 16.4. The molecule has 3 aromatic carbocycles. The standard InChI is InChI=1S/C40H42N2O6/c1-4-7-22-41(23-8-5-2)31-18-20-33-32(6-3)34(40(47)48-37(33)26-31)19-14-28-11-9-27(10-12-28)13-15-29-16-17-30(39(45)46)25-35(29)42-24-21-36(43)38(42)44/h9-20,25-26H,4-8,21-24H2,1-3H3,(H,45,46)/b15-13+,19-14+. The van der Waals surface area contributed by atoms with Crippen LogP contribution < -0.4 is 15.4 Å². The number of hydrogen-bond acceptors (Lipinski definition) is 6. The monoisotopic (exact) mass is 646 g/mol. The van der Waals surface area contributed by atoms with Crippen LogP contribution in [0.25, 0.3) is 35.3 Å². The number of fused-ring (bicyclic) bond motifs is 1. The summed E-state index contributed by atoms with van der Waals surface area (Å²) in [7, 11) is 0. The third kappa shape index (κ3) is 7.65. The van der Waals surface area contributed by atoms with Crippen LogP contribution in [0.1, 0.15) is 91.1 Å². The second kappa shape index (κ2) is 15.6. The van der Waals surface area contributed by atoms with Gasteiger partial charge in [-0.1, -0.05) is 82.2 Å². The number of Topliss-reactive ketones (excluding diaryl/α,β-unsaturated/α-hetero) is 1. The number of benzene rings is 3. The molecule has 0 aliphatic carbocycles. The van der Waals surface area contributed by atoms with Crippen molar-refractivity contribution in [2.75, 3.05) is 29.4 Å². The quantitative estimate of drug-likeness (QED) is 0.0838. The first kappa shape index (κ1) is 34.1. The molecule has 0 radical (unpaired) electrons. The molecular formula is C40H42N2O6. The van der Waals surface area contributed by atoms with Crippen molar-refractivity contribution in [2.24, 2.45) is 0 Å². The predicted molar refractivity (Wildman–Crippen MR) is 194 cm³/mol. The van der Waals surface area contributed by atoms with Crippen LogP contribution in [-0.2, 0) is 16.0 Å². The summed E-state index contributed by atoms with van der Waals surface area (Å²) in [5.74, 6) is -2.22. The number of ketones is 1. The summed E-state index contributed by atoms with van der Waals surface area (Å²) >= 11 is 0. The van der Waals surface area contributed by atoms with E-state index in [-0.39, 0.29) is 24.2 Å². The number of carbonyl (C=O) groups excluding carboxylic acids is 2. The Morgan fingerprint density at radius 1 is 0.854 bits per heavy atom. The number of hydrogen-bond donors (Lipinski definition) is 1. The van der Waals surface area contributed by atoms with E-state index < -0.39 is 17.7 Å². The Balaban J connectivity index is 1.37. The molecule has 8 nitrogen and oxygen atoms in total. The number of unbranched alkanes of at least 4 members (excludes halogenated alkanes) is 2. The average molecular weight is 647 g/mol. The summed E-state index contributed by atoms with van der Waals surface area (Å²) in [6, 6.07) is 18.5. The zero-order valence-corrected chi connectivity index (χ0v) is 27.8. The Morgan fingerprint density at radius 2 is 1.52 bits per heavy atom. The van der Waals surface area contributed by atoms with Crippen molar-refractivity contribution in [1.82, 2.24) is 0 Å². The van der Waals surface area contributed by atoms with Gasteiger partial charge in [-0.25, -0.2) is 9.59 Å². The van der Waals surface area contributed by atoms with Crippen LogP contribution in [0.4, 0.5) is 11.4 Å². The summed E-state index contributed by atoms with van der Waals surface area (Å²) in [4.78, 5) is 52.8. The molecule has 2 heterocycles. The van der Waals surface area contributed by atoms with Gasteiger partial charge in [0.1, 0.15) is 5.58 Å². The molecule has 4 aromatic rings. The lowest BCUT2D eigenvalue weighted by Gasteiger charge is -2.25. The molecule has 5 rings (SSSR count). The van der Waals surface area contributed by atoms with Crippen LogP contribution in [0.2, 0.25) is 0 Å². The minimum atomic E-state index is -1.11.